The third kappa shape index (κ3) is 3.95. The number of H-pyrrole nitrogens is 1. The number of hydrogen-bond acceptors (Lipinski definition) is 6. The fourth-order valence-corrected chi connectivity index (χ4v) is 3.56. The van der Waals surface area contributed by atoms with Crippen LogP contribution in [0.5, 0.6) is 11.5 Å². The molecule has 0 saturated heterocycles. The van der Waals surface area contributed by atoms with E-state index >= 15 is 0 Å². The molecule has 1 amide bonds. The molecular formula is C21H19ClN4O4. The molecule has 9 heteroatoms. The molecule has 0 fully saturated rings. The first-order valence-corrected chi connectivity index (χ1v) is 9.57. The molecule has 0 aliphatic carbocycles. The molecule has 0 saturated carbocycles. The van der Waals surface area contributed by atoms with Crippen LogP contribution in [0.15, 0.2) is 47.3 Å². The maximum Gasteiger partial charge on any atom is 0.258 e. The van der Waals surface area contributed by atoms with Gasteiger partial charge in [-0.1, -0.05) is 29.8 Å². The van der Waals surface area contributed by atoms with Gasteiger partial charge in [0, 0.05) is 17.4 Å². The Morgan fingerprint density at radius 1 is 1.17 bits per heavy atom. The number of methoxy groups -OCH3 is 1. The molecule has 1 aliphatic heterocycles. The molecule has 0 spiro atoms. The van der Waals surface area contributed by atoms with Gasteiger partial charge >= 0.3 is 0 Å². The number of halogens is 1. The molecule has 0 unspecified atom stereocenters. The number of carbonyl (C=O) groups is 1. The van der Waals surface area contributed by atoms with Gasteiger partial charge in [-0.3, -0.25) is 14.6 Å². The van der Waals surface area contributed by atoms with Crippen molar-refractivity contribution in [1.82, 2.24) is 9.97 Å². The summed E-state index contributed by atoms with van der Waals surface area (Å²) in [6, 6.07) is 12.7. The van der Waals surface area contributed by atoms with E-state index in [0.29, 0.717) is 28.7 Å². The third-order valence-electron chi connectivity index (χ3n) is 4.87. The number of aromatic amines is 1. The molecular weight excluding hydrogens is 408 g/mol. The highest BCUT2D eigenvalue weighted by molar-refractivity contribution is 6.30. The average Bonchev–Trinajstić information content (AvgIpc) is 2.72. The van der Waals surface area contributed by atoms with Gasteiger partial charge in [-0.15, -0.1) is 0 Å². The van der Waals surface area contributed by atoms with E-state index in [-0.39, 0.29) is 29.7 Å². The van der Waals surface area contributed by atoms with Crippen LogP contribution in [0.3, 0.4) is 0 Å². The topological polar surface area (TPSA) is 119 Å². The zero-order valence-corrected chi connectivity index (χ0v) is 16.8. The number of amides is 1. The van der Waals surface area contributed by atoms with Crippen LogP contribution in [0, 0.1) is 0 Å². The lowest BCUT2D eigenvalue weighted by Gasteiger charge is -2.25. The first-order chi connectivity index (χ1) is 14.4. The second-order valence-electron chi connectivity index (χ2n) is 6.84. The Balaban J connectivity index is 1.64. The summed E-state index contributed by atoms with van der Waals surface area (Å²) in [7, 11) is 1.53. The third-order valence-corrected chi connectivity index (χ3v) is 5.12. The van der Waals surface area contributed by atoms with Gasteiger partial charge < -0.3 is 20.5 Å². The number of hydrogen-bond donors (Lipinski definition) is 3. The molecule has 154 valence electrons. The molecule has 8 nitrogen and oxygen atoms in total. The lowest BCUT2D eigenvalue weighted by molar-refractivity contribution is -0.116. The van der Waals surface area contributed by atoms with Crippen LogP contribution in [0.1, 0.15) is 29.0 Å². The molecule has 2 aromatic carbocycles. The standard InChI is InChI=1S/C21H19ClN4O4/c1-29-16-8-12(4-7-15(16)30-10-11-2-5-13(22)6-3-11)14-9-17(27)24-19-18(14)20(28)26-21(23)25-19/h2-8,14H,9-10H2,1H3,(H4,23,24,25,26,27,28)/t14-/m1/s1. The largest absolute Gasteiger partial charge is 0.493 e. The Bertz CT molecular complexity index is 1160. The van der Waals surface area contributed by atoms with Crippen molar-refractivity contribution in [2.24, 2.45) is 0 Å². The number of nitrogens with two attached hydrogens (primary N) is 1. The minimum Gasteiger partial charge on any atom is -0.493 e. The van der Waals surface area contributed by atoms with Gasteiger partial charge in [-0.25, -0.2) is 0 Å². The summed E-state index contributed by atoms with van der Waals surface area (Å²) in [5.41, 5.74) is 7.27. The van der Waals surface area contributed by atoms with Gasteiger partial charge in [-0.05, 0) is 35.4 Å². The summed E-state index contributed by atoms with van der Waals surface area (Å²) in [4.78, 5) is 31.2. The van der Waals surface area contributed by atoms with Crippen molar-refractivity contribution in [2.75, 3.05) is 18.2 Å². The van der Waals surface area contributed by atoms with Crippen LogP contribution in [0.2, 0.25) is 5.02 Å². The van der Waals surface area contributed by atoms with Gasteiger partial charge in [0.05, 0.1) is 12.7 Å². The van der Waals surface area contributed by atoms with E-state index in [2.05, 4.69) is 15.3 Å². The number of ether oxygens (including phenoxy) is 2. The number of carbonyl (C=O) groups excluding carboxylic acids is 1. The first kappa shape index (κ1) is 19.8. The van der Waals surface area contributed by atoms with Crippen LogP contribution in [0.4, 0.5) is 11.8 Å². The molecule has 2 heterocycles. The lowest BCUT2D eigenvalue weighted by Crippen LogP contribution is -2.31. The van der Waals surface area contributed by atoms with Crippen molar-refractivity contribution in [3.63, 3.8) is 0 Å². The summed E-state index contributed by atoms with van der Waals surface area (Å²) in [6.45, 7) is 0.338. The van der Waals surface area contributed by atoms with Crippen molar-refractivity contribution in [2.45, 2.75) is 18.9 Å². The van der Waals surface area contributed by atoms with Gasteiger partial charge in [0.15, 0.2) is 11.5 Å². The van der Waals surface area contributed by atoms with E-state index < -0.39 is 5.92 Å². The summed E-state index contributed by atoms with van der Waals surface area (Å²) in [5, 5.41) is 3.26. The maximum absolute atomic E-state index is 12.5. The number of nitrogens with zero attached hydrogens (tertiary/aromatic N) is 1. The molecule has 1 aromatic heterocycles. The normalized spacial score (nSPS) is 15.3. The highest BCUT2D eigenvalue weighted by Crippen LogP contribution is 2.38. The Kier molecular flexibility index (Phi) is 5.33. The lowest BCUT2D eigenvalue weighted by atomic mass is 9.86. The van der Waals surface area contributed by atoms with Crippen molar-refractivity contribution in [1.29, 1.82) is 0 Å². The van der Waals surface area contributed by atoms with Gasteiger partial charge in [0.1, 0.15) is 12.4 Å². The monoisotopic (exact) mass is 426 g/mol. The number of anilines is 2. The van der Waals surface area contributed by atoms with Crippen LogP contribution in [-0.4, -0.2) is 23.0 Å². The van der Waals surface area contributed by atoms with Gasteiger partial charge in [0.2, 0.25) is 11.9 Å². The highest BCUT2D eigenvalue weighted by Gasteiger charge is 2.31. The van der Waals surface area contributed by atoms with Gasteiger partial charge in [0.25, 0.3) is 5.56 Å². The molecule has 4 N–H and O–H groups in total. The predicted molar refractivity (Wildman–Crippen MR) is 113 cm³/mol. The van der Waals surface area contributed by atoms with Crippen LogP contribution >= 0.6 is 11.6 Å². The Morgan fingerprint density at radius 3 is 2.67 bits per heavy atom. The predicted octanol–water partition coefficient (Wildman–Crippen LogP) is 3.07. The fraction of sp³-hybridized carbons (Fsp3) is 0.190. The van der Waals surface area contributed by atoms with Gasteiger partial charge in [-0.2, -0.15) is 4.98 Å². The summed E-state index contributed by atoms with van der Waals surface area (Å²) >= 11 is 5.91. The van der Waals surface area contributed by atoms with Crippen LogP contribution < -0.4 is 26.1 Å². The van der Waals surface area contributed by atoms with Crippen molar-refractivity contribution in [3.05, 3.63) is 74.5 Å². The second kappa shape index (κ2) is 8.08. The number of nitrogen functional groups attached to an aromatic ring is 1. The minimum absolute atomic E-state index is 0.0526. The van der Waals surface area contributed by atoms with Crippen molar-refractivity contribution >= 4 is 29.3 Å². The first-order valence-electron chi connectivity index (χ1n) is 9.19. The maximum atomic E-state index is 12.5. The average molecular weight is 427 g/mol. The molecule has 1 aliphatic rings. The number of fused-ring (bicyclic) bond motifs is 1. The number of rotatable bonds is 5. The summed E-state index contributed by atoms with van der Waals surface area (Å²) in [5.74, 6) is 0.439. The highest BCUT2D eigenvalue weighted by atomic mass is 35.5. The van der Waals surface area contributed by atoms with Crippen LogP contribution in [-0.2, 0) is 11.4 Å². The SMILES string of the molecule is COc1cc([C@H]2CC(=O)Nc3nc(N)[nH]c(=O)c32)ccc1OCc1ccc(Cl)cc1. The molecule has 0 bridgehead atoms. The number of aromatic nitrogens is 2. The number of benzene rings is 2. The van der Waals surface area contributed by atoms with E-state index in [1.54, 1.807) is 24.3 Å². The zero-order chi connectivity index (χ0) is 21.3. The molecule has 0 radical (unpaired) electrons. The second-order valence-corrected chi connectivity index (χ2v) is 7.28. The molecule has 3 aromatic rings. The molecule has 1 atom stereocenters. The Labute approximate surface area is 177 Å². The van der Waals surface area contributed by atoms with E-state index in [4.69, 9.17) is 26.8 Å². The summed E-state index contributed by atoms with van der Waals surface area (Å²) in [6.07, 6.45) is 0.107. The van der Waals surface area contributed by atoms with E-state index in [0.717, 1.165) is 11.1 Å². The minimum atomic E-state index is -0.482. The quantitative estimate of drug-likeness (QED) is 0.576. The fourth-order valence-electron chi connectivity index (χ4n) is 3.44. The van der Waals surface area contributed by atoms with E-state index in [9.17, 15) is 9.59 Å². The van der Waals surface area contributed by atoms with E-state index in [1.165, 1.54) is 7.11 Å². The summed E-state index contributed by atoms with van der Waals surface area (Å²) < 4.78 is 11.4. The smallest absolute Gasteiger partial charge is 0.258 e. The molecule has 30 heavy (non-hydrogen) atoms. The van der Waals surface area contributed by atoms with Crippen LogP contribution in [0.25, 0.3) is 0 Å². The Hall–Kier alpha value is -3.52. The Morgan fingerprint density at radius 2 is 1.93 bits per heavy atom. The zero-order valence-electron chi connectivity index (χ0n) is 16.1. The van der Waals surface area contributed by atoms with Crippen molar-refractivity contribution < 1.29 is 14.3 Å². The van der Waals surface area contributed by atoms with E-state index in [1.807, 2.05) is 18.2 Å². The molecule has 4 rings (SSSR count). The van der Waals surface area contributed by atoms with Crippen molar-refractivity contribution in [3.8, 4) is 11.5 Å². The number of nitrogens with one attached hydrogen (secondary N) is 2.